The summed E-state index contributed by atoms with van der Waals surface area (Å²) in [5, 5.41) is 2.26. The lowest BCUT2D eigenvalue weighted by molar-refractivity contribution is 0.415. The van der Waals surface area contributed by atoms with Crippen LogP contribution in [0.15, 0.2) is 60.7 Å². The molecule has 0 fully saturated rings. The van der Waals surface area contributed by atoms with E-state index in [-0.39, 0.29) is 0 Å². The van der Waals surface area contributed by atoms with Crippen LogP contribution in [-0.4, -0.2) is 7.11 Å². The molecule has 3 aromatic carbocycles. The molecule has 0 heterocycles. The Balaban J connectivity index is 2.16. The van der Waals surface area contributed by atoms with Gasteiger partial charge in [0.1, 0.15) is 5.75 Å². The number of hydrogen-bond donors (Lipinski definition) is 1. The number of rotatable bonds is 2. The molecule has 0 bridgehead atoms. The summed E-state index contributed by atoms with van der Waals surface area (Å²) in [5.74, 6) is 0.850. The largest absolute Gasteiger partial charge is 0.497 e. The monoisotopic (exact) mass is 249 g/mol. The lowest BCUT2D eigenvalue weighted by atomic mass is 9.99. The maximum Gasteiger partial charge on any atom is 0.118 e. The average Bonchev–Trinajstić information content (AvgIpc) is 2.48. The number of fused-ring (bicyclic) bond motifs is 1. The van der Waals surface area contributed by atoms with E-state index in [4.69, 9.17) is 10.5 Å². The SMILES string of the molecule is COc1ccc(-c2ccc3ccccc3c2N)cc1. The molecule has 2 heteroatoms. The molecule has 0 spiro atoms. The first-order valence-corrected chi connectivity index (χ1v) is 6.21. The Hall–Kier alpha value is -2.48. The number of nitrogens with two attached hydrogens (primary N) is 1. The second-order valence-corrected chi connectivity index (χ2v) is 4.48. The fourth-order valence-electron chi connectivity index (χ4n) is 2.32. The zero-order chi connectivity index (χ0) is 13.2. The van der Waals surface area contributed by atoms with Crippen molar-refractivity contribution in [1.82, 2.24) is 0 Å². The summed E-state index contributed by atoms with van der Waals surface area (Å²) in [4.78, 5) is 0. The molecule has 2 nitrogen and oxygen atoms in total. The summed E-state index contributed by atoms with van der Waals surface area (Å²) in [6, 6.07) is 20.3. The van der Waals surface area contributed by atoms with Gasteiger partial charge in [-0.3, -0.25) is 0 Å². The topological polar surface area (TPSA) is 35.2 Å². The van der Waals surface area contributed by atoms with Crippen LogP contribution in [0, 0.1) is 0 Å². The van der Waals surface area contributed by atoms with Gasteiger partial charge in [-0.05, 0) is 23.1 Å². The highest BCUT2D eigenvalue weighted by Crippen LogP contribution is 2.33. The Morgan fingerprint density at radius 2 is 1.58 bits per heavy atom. The first-order valence-electron chi connectivity index (χ1n) is 6.21. The number of benzene rings is 3. The lowest BCUT2D eigenvalue weighted by Crippen LogP contribution is -1.92. The first-order chi connectivity index (χ1) is 9.29. The van der Waals surface area contributed by atoms with Crippen molar-refractivity contribution in [2.75, 3.05) is 12.8 Å². The number of nitrogen functional groups attached to an aromatic ring is 1. The summed E-state index contributed by atoms with van der Waals surface area (Å²) < 4.78 is 5.17. The molecule has 94 valence electrons. The van der Waals surface area contributed by atoms with Gasteiger partial charge in [0, 0.05) is 16.6 Å². The summed E-state index contributed by atoms with van der Waals surface area (Å²) in [6.07, 6.45) is 0. The predicted molar refractivity (Wildman–Crippen MR) is 80.3 cm³/mol. The van der Waals surface area contributed by atoms with Crippen molar-refractivity contribution in [2.24, 2.45) is 0 Å². The summed E-state index contributed by atoms with van der Waals surface area (Å²) in [7, 11) is 1.67. The second-order valence-electron chi connectivity index (χ2n) is 4.48. The van der Waals surface area contributed by atoms with Crippen LogP contribution in [0.25, 0.3) is 21.9 Å². The molecule has 0 saturated heterocycles. The van der Waals surface area contributed by atoms with E-state index in [9.17, 15) is 0 Å². The fraction of sp³-hybridized carbons (Fsp3) is 0.0588. The van der Waals surface area contributed by atoms with E-state index in [2.05, 4.69) is 24.3 Å². The van der Waals surface area contributed by atoms with E-state index in [0.717, 1.165) is 33.3 Å². The van der Waals surface area contributed by atoms with Crippen molar-refractivity contribution < 1.29 is 4.74 Å². The molecule has 0 aliphatic carbocycles. The fourth-order valence-corrected chi connectivity index (χ4v) is 2.32. The number of methoxy groups -OCH3 is 1. The normalized spacial score (nSPS) is 10.6. The second kappa shape index (κ2) is 4.65. The van der Waals surface area contributed by atoms with Crippen molar-refractivity contribution in [2.45, 2.75) is 0 Å². The minimum Gasteiger partial charge on any atom is -0.497 e. The van der Waals surface area contributed by atoms with Gasteiger partial charge in [0.05, 0.1) is 7.11 Å². The van der Waals surface area contributed by atoms with Gasteiger partial charge in [0.2, 0.25) is 0 Å². The highest BCUT2D eigenvalue weighted by Gasteiger charge is 2.06. The smallest absolute Gasteiger partial charge is 0.118 e. The third-order valence-corrected chi connectivity index (χ3v) is 3.37. The van der Waals surface area contributed by atoms with Crippen LogP contribution in [0.1, 0.15) is 0 Å². The summed E-state index contributed by atoms with van der Waals surface area (Å²) in [6.45, 7) is 0. The maximum absolute atomic E-state index is 6.29. The van der Waals surface area contributed by atoms with Crippen LogP contribution in [0.4, 0.5) is 5.69 Å². The number of anilines is 1. The van der Waals surface area contributed by atoms with Gasteiger partial charge in [0.25, 0.3) is 0 Å². The number of hydrogen-bond acceptors (Lipinski definition) is 2. The lowest BCUT2D eigenvalue weighted by Gasteiger charge is -2.10. The van der Waals surface area contributed by atoms with Gasteiger partial charge in [-0.15, -0.1) is 0 Å². The standard InChI is InChI=1S/C17H15NO/c1-19-14-9-6-13(7-10-14)16-11-8-12-4-2-3-5-15(12)17(16)18/h2-11H,18H2,1H3. The van der Waals surface area contributed by atoms with Crippen LogP contribution in [-0.2, 0) is 0 Å². The predicted octanol–water partition coefficient (Wildman–Crippen LogP) is 4.10. The molecule has 0 aliphatic heterocycles. The van der Waals surface area contributed by atoms with Crippen molar-refractivity contribution in [1.29, 1.82) is 0 Å². The van der Waals surface area contributed by atoms with E-state index < -0.39 is 0 Å². The molecule has 0 radical (unpaired) electrons. The molecule has 0 aromatic heterocycles. The molecule has 2 N–H and O–H groups in total. The van der Waals surface area contributed by atoms with Gasteiger partial charge >= 0.3 is 0 Å². The van der Waals surface area contributed by atoms with Crippen molar-refractivity contribution >= 4 is 16.5 Å². The maximum atomic E-state index is 6.29. The van der Waals surface area contributed by atoms with E-state index in [1.165, 1.54) is 0 Å². The Morgan fingerprint density at radius 3 is 2.32 bits per heavy atom. The van der Waals surface area contributed by atoms with E-state index in [0.29, 0.717) is 0 Å². The third kappa shape index (κ3) is 2.02. The van der Waals surface area contributed by atoms with Crippen LogP contribution >= 0.6 is 0 Å². The molecule has 0 unspecified atom stereocenters. The Morgan fingerprint density at radius 1 is 0.842 bits per heavy atom. The summed E-state index contributed by atoms with van der Waals surface area (Å²) in [5.41, 5.74) is 9.27. The van der Waals surface area contributed by atoms with Crippen LogP contribution < -0.4 is 10.5 Å². The van der Waals surface area contributed by atoms with Crippen molar-refractivity contribution in [3.05, 3.63) is 60.7 Å². The van der Waals surface area contributed by atoms with Crippen LogP contribution in [0.2, 0.25) is 0 Å². The molecular weight excluding hydrogens is 234 g/mol. The van der Waals surface area contributed by atoms with Crippen molar-refractivity contribution in [3.63, 3.8) is 0 Å². The van der Waals surface area contributed by atoms with E-state index in [1.54, 1.807) is 7.11 Å². The van der Waals surface area contributed by atoms with Gasteiger partial charge in [-0.1, -0.05) is 48.5 Å². The average molecular weight is 249 g/mol. The zero-order valence-electron chi connectivity index (χ0n) is 10.8. The minimum atomic E-state index is 0.822. The highest BCUT2D eigenvalue weighted by atomic mass is 16.5. The van der Waals surface area contributed by atoms with E-state index in [1.807, 2.05) is 36.4 Å². The van der Waals surface area contributed by atoms with Crippen molar-refractivity contribution in [3.8, 4) is 16.9 Å². The molecule has 3 rings (SSSR count). The third-order valence-electron chi connectivity index (χ3n) is 3.37. The molecule has 0 atom stereocenters. The molecule has 0 amide bonds. The van der Waals surface area contributed by atoms with Gasteiger partial charge in [0.15, 0.2) is 0 Å². The van der Waals surface area contributed by atoms with Gasteiger partial charge in [-0.25, -0.2) is 0 Å². The number of ether oxygens (including phenoxy) is 1. The van der Waals surface area contributed by atoms with E-state index >= 15 is 0 Å². The first kappa shape index (κ1) is 11.6. The molecule has 0 saturated carbocycles. The van der Waals surface area contributed by atoms with Gasteiger partial charge in [-0.2, -0.15) is 0 Å². The van der Waals surface area contributed by atoms with Gasteiger partial charge < -0.3 is 10.5 Å². The minimum absolute atomic E-state index is 0.822. The highest BCUT2D eigenvalue weighted by molar-refractivity contribution is 6.00. The molecular formula is C17H15NO. The van der Waals surface area contributed by atoms with Crippen LogP contribution in [0.5, 0.6) is 5.75 Å². The zero-order valence-corrected chi connectivity index (χ0v) is 10.8. The quantitative estimate of drug-likeness (QED) is 0.694. The summed E-state index contributed by atoms with van der Waals surface area (Å²) >= 11 is 0. The molecule has 3 aromatic rings. The Labute approximate surface area is 112 Å². The Bertz CT molecular complexity index is 717. The Kier molecular flexibility index (Phi) is 2.84. The molecule has 0 aliphatic rings. The molecule has 19 heavy (non-hydrogen) atoms. The van der Waals surface area contributed by atoms with Crippen LogP contribution in [0.3, 0.4) is 0 Å².